The molecule has 6 heteroatoms. The first-order chi connectivity index (χ1) is 8.93. The number of carbonyl (C=O) groups is 2. The molecule has 0 heterocycles. The fourth-order valence-electron chi connectivity index (χ4n) is 1.38. The van der Waals surface area contributed by atoms with Crippen molar-refractivity contribution in [1.82, 2.24) is 10.6 Å². The molecule has 1 unspecified atom stereocenters. The van der Waals surface area contributed by atoms with E-state index in [1.165, 1.54) is 14.0 Å². The van der Waals surface area contributed by atoms with Crippen LogP contribution >= 0.6 is 0 Å². The number of hydrogen-bond acceptors (Lipinski definition) is 4. The van der Waals surface area contributed by atoms with E-state index in [1.54, 1.807) is 31.2 Å². The van der Waals surface area contributed by atoms with Crippen molar-refractivity contribution in [2.45, 2.75) is 26.1 Å². The second kappa shape index (κ2) is 6.75. The molecule has 0 aromatic heterocycles. The fraction of sp³-hybridized carbons (Fsp3) is 0.385. The van der Waals surface area contributed by atoms with Gasteiger partial charge < -0.3 is 15.2 Å². The lowest BCUT2D eigenvalue weighted by atomic mass is 10.1. The SMILES string of the molecule is CNC(=O)NC(=O)C(C)Oc1cccc([C@@H](C)O)c1. The summed E-state index contributed by atoms with van der Waals surface area (Å²) in [5, 5.41) is 13.9. The lowest BCUT2D eigenvalue weighted by molar-refractivity contribution is -0.126. The summed E-state index contributed by atoms with van der Waals surface area (Å²) < 4.78 is 5.41. The Kier molecular flexibility index (Phi) is 5.32. The van der Waals surface area contributed by atoms with Gasteiger partial charge in [0.2, 0.25) is 0 Å². The van der Waals surface area contributed by atoms with Gasteiger partial charge in [0.25, 0.3) is 5.91 Å². The molecular weight excluding hydrogens is 248 g/mol. The number of benzene rings is 1. The van der Waals surface area contributed by atoms with Gasteiger partial charge in [-0.25, -0.2) is 4.79 Å². The van der Waals surface area contributed by atoms with Gasteiger partial charge in [-0.15, -0.1) is 0 Å². The summed E-state index contributed by atoms with van der Waals surface area (Å²) in [4.78, 5) is 22.6. The Morgan fingerprint density at radius 1 is 1.32 bits per heavy atom. The smallest absolute Gasteiger partial charge is 0.321 e. The van der Waals surface area contributed by atoms with E-state index < -0.39 is 24.1 Å². The summed E-state index contributed by atoms with van der Waals surface area (Å²) in [5.41, 5.74) is 0.691. The Bertz CT molecular complexity index is 460. The third kappa shape index (κ3) is 4.59. The van der Waals surface area contributed by atoms with Crippen LogP contribution in [0.25, 0.3) is 0 Å². The van der Waals surface area contributed by atoms with E-state index in [9.17, 15) is 14.7 Å². The summed E-state index contributed by atoms with van der Waals surface area (Å²) >= 11 is 0. The van der Waals surface area contributed by atoms with Crippen molar-refractivity contribution in [2.75, 3.05) is 7.05 Å². The van der Waals surface area contributed by atoms with Crippen molar-refractivity contribution in [1.29, 1.82) is 0 Å². The Morgan fingerprint density at radius 2 is 2.00 bits per heavy atom. The van der Waals surface area contributed by atoms with Crippen molar-refractivity contribution >= 4 is 11.9 Å². The zero-order valence-electron chi connectivity index (χ0n) is 11.1. The molecule has 0 saturated heterocycles. The minimum absolute atomic E-state index is 0.456. The van der Waals surface area contributed by atoms with Crippen molar-refractivity contribution in [3.05, 3.63) is 29.8 Å². The Hall–Kier alpha value is -2.08. The molecular formula is C13H18N2O4. The van der Waals surface area contributed by atoms with Crippen molar-refractivity contribution in [2.24, 2.45) is 0 Å². The quantitative estimate of drug-likeness (QED) is 0.757. The zero-order chi connectivity index (χ0) is 14.4. The van der Waals surface area contributed by atoms with Crippen LogP contribution in [-0.2, 0) is 4.79 Å². The Morgan fingerprint density at radius 3 is 2.58 bits per heavy atom. The molecule has 3 N–H and O–H groups in total. The minimum atomic E-state index is -0.818. The normalized spacial score (nSPS) is 13.3. The molecule has 6 nitrogen and oxygen atoms in total. The lowest BCUT2D eigenvalue weighted by Crippen LogP contribution is -2.43. The number of ether oxygens (including phenoxy) is 1. The first-order valence-corrected chi connectivity index (χ1v) is 5.91. The standard InChI is InChI=1S/C13H18N2O4/c1-8(16)10-5-4-6-11(7-10)19-9(2)12(17)15-13(18)14-3/h4-9,16H,1-3H3,(H2,14,15,17,18)/t8-,9?/m1/s1. The number of aliphatic hydroxyl groups excluding tert-OH is 1. The van der Waals surface area contributed by atoms with Crippen LogP contribution in [0.15, 0.2) is 24.3 Å². The largest absolute Gasteiger partial charge is 0.481 e. The number of carbonyl (C=O) groups excluding carboxylic acids is 2. The summed E-state index contributed by atoms with van der Waals surface area (Å²) in [7, 11) is 1.42. The maximum Gasteiger partial charge on any atom is 0.321 e. The first kappa shape index (κ1) is 15.0. The lowest BCUT2D eigenvalue weighted by Gasteiger charge is -2.15. The van der Waals surface area contributed by atoms with E-state index in [4.69, 9.17) is 4.74 Å². The van der Waals surface area contributed by atoms with Gasteiger partial charge in [-0.3, -0.25) is 10.1 Å². The van der Waals surface area contributed by atoms with Gasteiger partial charge in [-0.1, -0.05) is 12.1 Å². The monoisotopic (exact) mass is 266 g/mol. The molecule has 1 aromatic carbocycles. The maximum atomic E-state index is 11.6. The van der Waals surface area contributed by atoms with E-state index in [1.807, 2.05) is 0 Å². The molecule has 0 aliphatic rings. The van der Waals surface area contributed by atoms with Crippen LogP contribution < -0.4 is 15.4 Å². The van der Waals surface area contributed by atoms with Crippen LogP contribution in [0.1, 0.15) is 25.5 Å². The highest BCUT2D eigenvalue weighted by Gasteiger charge is 2.17. The van der Waals surface area contributed by atoms with Crippen LogP contribution in [0.4, 0.5) is 4.79 Å². The van der Waals surface area contributed by atoms with Gasteiger partial charge in [0, 0.05) is 7.05 Å². The van der Waals surface area contributed by atoms with E-state index in [0.717, 1.165) is 0 Å². The minimum Gasteiger partial charge on any atom is -0.481 e. The summed E-state index contributed by atoms with van der Waals surface area (Å²) in [5.74, 6) is -0.0836. The van der Waals surface area contributed by atoms with Gasteiger partial charge in [-0.2, -0.15) is 0 Å². The topological polar surface area (TPSA) is 87.7 Å². The third-order valence-corrected chi connectivity index (χ3v) is 2.49. The number of urea groups is 1. The van der Waals surface area contributed by atoms with Crippen LogP contribution in [0.3, 0.4) is 0 Å². The number of rotatable bonds is 4. The van der Waals surface area contributed by atoms with Crippen molar-refractivity contribution < 1.29 is 19.4 Å². The molecule has 0 fully saturated rings. The third-order valence-electron chi connectivity index (χ3n) is 2.49. The second-order valence-electron chi connectivity index (χ2n) is 4.08. The van der Waals surface area contributed by atoms with E-state index in [2.05, 4.69) is 10.6 Å². The predicted octanol–water partition coefficient (Wildman–Crippen LogP) is 0.963. The van der Waals surface area contributed by atoms with Crippen molar-refractivity contribution in [3.63, 3.8) is 0 Å². The fourth-order valence-corrected chi connectivity index (χ4v) is 1.38. The average Bonchev–Trinajstić information content (AvgIpc) is 2.38. The molecule has 2 atom stereocenters. The average molecular weight is 266 g/mol. The highest BCUT2D eigenvalue weighted by atomic mass is 16.5. The molecule has 0 bridgehead atoms. The van der Waals surface area contributed by atoms with Gasteiger partial charge in [-0.05, 0) is 31.5 Å². The number of imide groups is 1. The molecule has 0 aliphatic carbocycles. The second-order valence-corrected chi connectivity index (χ2v) is 4.08. The number of amides is 3. The van der Waals surface area contributed by atoms with E-state index in [0.29, 0.717) is 11.3 Å². The van der Waals surface area contributed by atoms with Crippen LogP contribution in [0.2, 0.25) is 0 Å². The van der Waals surface area contributed by atoms with Gasteiger partial charge >= 0.3 is 6.03 Å². The molecule has 0 saturated carbocycles. The van der Waals surface area contributed by atoms with Crippen LogP contribution in [-0.4, -0.2) is 30.2 Å². The Balaban J connectivity index is 2.66. The first-order valence-electron chi connectivity index (χ1n) is 5.91. The van der Waals surface area contributed by atoms with Crippen LogP contribution in [0.5, 0.6) is 5.75 Å². The Labute approximate surface area is 111 Å². The van der Waals surface area contributed by atoms with E-state index >= 15 is 0 Å². The molecule has 0 spiro atoms. The molecule has 19 heavy (non-hydrogen) atoms. The molecule has 1 aromatic rings. The van der Waals surface area contributed by atoms with Gasteiger partial charge in [0.1, 0.15) is 5.75 Å². The zero-order valence-corrected chi connectivity index (χ0v) is 11.1. The molecule has 0 aliphatic heterocycles. The molecule has 0 radical (unpaired) electrons. The van der Waals surface area contributed by atoms with E-state index in [-0.39, 0.29) is 0 Å². The number of aliphatic hydroxyl groups is 1. The predicted molar refractivity (Wildman–Crippen MR) is 69.8 cm³/mol. The summed E-state index contributed by atoms with van der Waals surface area (Å²) in [6, 6.07) is 6.22. The van der Waals surface area contributed by atoms with Gasteiger partial charge in [0.05, 0.1) is 6.10 Å². The van der Waals surface area contributed by atoms with Gasteiger partial charge in [0.15, 0.2) is 6.10 Å². The molecule has 1 rings (SSSR count). The highest BCUT2D eigenvalue weighted by Crippen LogP contribution is 2.19. The maximum absolute atomic E-state index is 11.6. The van der Waals surface area contributed by atoms with Crippen molar-refractivity contribution in [3.8, 4) is 5.75 Å². The number of nitrogens with one attached hydrogen (secondary N) is 2. The number of hydrogen-bond donors (Lipinski definition) is 3. The summed E-state index contributed by atoms with van der Waals surface area (Å²) in [6.45, 7) is 3.17. The molecule has 104 valence electrons. The molecule has 3 amide bonds. The highest BCUT2D eigenvalue weighted by molar-refractivity contribution is 5.96. The van der Waals surface area contributed by atoms with Crippen LogP contribution in [0, 0.1) is 0 Å². The summed E-state index contributed by atoms with van der Waals surface area (Å²) in [6.07, 6.45) is -1.43.